The quantitative estimate of drug-likeness (QED) is 0.863. The molecule has 0 aliphatic carbocycles. The summed E-state index contributed by atoms with van der Waals surface area (Å²) in [6.07, 6.45) is 2.54. The van der Waals surface area contributed by atoms with Crippen LogP contribution in [-0.2, 0) is 0 Å². The lowest BCUT2D eigenvalue weighted by molar-refractivity contribution is 0.226. The molecular weight excluding hydrogens is 304 g/mol. The first-order chi connectivity index (χ1) is 9.04. The fraction of sp³-hybridized carbons (Fsp3) is 0.714. The average Bonchev–Trinajstić information content (AvgIpc) is 2.37. The Morgan fingerprint density at radius 3 is 2.68 bits per heavy atom. The molecule has 0 bridgehead atoms. The van der Waals surface area contributed by atoms with Gasteiger partial charge in [0.1, 0.15) is 16.2 Å². The fourth-order valence-electron chi connectivity index (χ4n) is 2.30. The number of nitrogens with one attached hydrogen (secondary N) is 1. The largest absolute Gasteiger partial charge is 0.370 e. The molecule has 1 saturated heterocycles. The Hall–Kier alpha value is -0.680. The molecule has 19 heavy (non-hydrogen) atoms. The second-order valence-electron chi connectivity index (χ2n) is 5.72. The molecule has 5 heteroatoms. The summed E-state index contributed by atoms with van der Waals surface area (Å²) in [5.74, 6) is 2.93. The van der Waals surface area contributed by atoms with E-state index in [-0.39, 0.29) is 0 Å². The van der Waals surface area contributed by atoms with Crippen molar-refractivity contribution in [2.75, 3.05) is 32.0 Å². The number of rotatable bonds is 4. The first-order valence-corrected chi connectivity index (χ1v) is 7.81. The predicted molar refractivity (Wildman–Crippen MR) is 82.5 cm³/mol. The van der Waals surface area contributed by atoms with Gasteiger partial charge >= 0.3 is 0 Å². The normalized spacial score (nSPS) is 17.9. The maximum atomic E-state index is 4.57. The second-order valence-corrected chi connectivity index (χ2v) is 6.53. The van der Waals surface area contributed by atoms with E-state index in [1.165, 1.54) is 25.9 Å². The maximum Gasteiger partial charge on any atom is 0.134 e. The monoisotopic (exact) mass is 326 g/mol. The van der Waals surface area contributed by atoms with Gasteiger partial charge in [0.05, 0.1) is 0 Å². The van der Waals surface area contributed by atoms with Crippen LogP contribution in [0, 0.1) is 5.92 Å². The number of hydrogen-bond donors (Lipinski definition) is 1. The van der Waals surface area contributed by atoms with Gasteiger partial charge in [0.2, 0.25) is 0 Å². The van der Waals surface area contributed by atoms with Gasteiger partial charge in [-0.2, -0.15) is 0 Å². The van der Waals surface area contributed by atoms with E-state index in [0.717, 1.165) is 28.7 Å². The second kappa shape index (κ2) is 6.66. The van der Waals surface area contributed by atoms with E-state index in [1.807, 2.05) is 6.07 Å². The molecule has 1 N–H and O–H groups in total. The molecule has 0 unspecified atom stereocenters. The lowest BCUT2D eigenvalue weighted by Crippen LogP contribution is -2.33. The summed E-state index contributed by atoms with van der Waals surface area (Å²) in [6.45, 7) is 7.65. The SMILES string of the molecule is CC(C)c1nc(Br)cc(NCC2CCN(C)CC2)n1. The van der Waals surface area contributed by atoms with E-state index in [1.54, 1.807) is 0 Å². The van der Waals surface area contributed by atoms with E-state index < -0.39 is 0 Å². The molecule has 0 spiro atoms. The third kappa shape index (κ3) is 4.42. The standard InChI is InChI=1S/C14H23BrN4/c1-10(2)14-17-12(15)8-13(18-14)16-9-11-4-6-19(3)7-5-11/h8,10-11H,4-7,9H2,1-3H3,(H,16,17,18). The summed E-state index contributed by atoms with van der Waals surface area (Å²) in [4.78, 5) is 11.4. The molecule has 1 aliphatic heterocycles. The van der Waals surface area contributed by atoms with Crippen LogP contribution >= 0.6 is 15.9 Å². The minimum atomic E-state index is 0.349. The smallest absolute Gasteiger partial charge is 0.134 e. The first-order valence-electron chi connectivity index (χ1n) is 7.01. The third-order valence-corrected chi connectivity index (χ3v) is 4.04. The highest BCUT2D eigenvalue weighted by molar-refractivity contribution is 9.10. The van der Waals surface area contributed by atoms with Crippen LogP contribution in [-0.4, -0.2) is 41.5 Å². The molecule has 0 saturated carbocycles. The molecule has 1 aliphatic rings. The Morgan fingerprint density at radius 1 is 1.37 bits per heavy atom. The first kappa shape index (κ1) is 14.7. The number of likely N-dealkylation sites (tertiary alicyclic amines) is 1. The molecule has 0 amide bonds. The van der Waals surface area contributed by atoms with Gasteiger partial charge in [-0.3, -0.25) is 0 Å². The predicted octanol–water partition coefficient (Wildman–Crippen LogP) is 3.12. The zero-order chi connectivity index (χ0) is 13.8. The lowest BCUT2D eigenvalue weighted by Gasteiger charge is -2.29. The summed E-state index contributed by atoms with van der Waals surface area (Å²) in [5.41, 5.74) is 0. The van der Waals surface area contributed by atoms with Crippen molar-refractivity contribution in [1.29, 1.82) is 0 Å². The molecule has 106 valence electrons. The van der Waals surface area contributed by atoms with Crippen molar-refractivity contribution >= 4 is 21.7 Å². The van der Waals surface area contributed by atoms with Crippen molar-refractivity contribution in [1.82, 2.24) is 14.9 Å². The van der Waals surface area contributed by atoms with Crippen LogP contribution in [0.1, 0.15) is 38.4 Å². The van der Waals surface area contributed by atoms with Crippen molar-refractivity contribution in [2.24, 2.45) is 5.92 Å². The van der Waals surface area contributed by atoms with Gasteiger partial charge in [0, 0.05) is 18.5 Å². The van der Waals surface area contributed by atoms with Crippen LogP contribution in [0.2, 0.25) is 0 Å². The summed E-state index contributed by atoms with van der Waals surface area (Å²) in [7, 11) is 2.19. The Morgan fingerprint density at radius 2 is 2.05 bits per heavy atom. The lowest BCUT2D eigenvalue weighted by atomic mass is 9.97. The number of halogens is 1. The van der Waals surface area contributed by atoms with E-state index in [2.05, 4.69) is 57.0 Å². The van der Waals surface area contributed by atoms with Crippen LogP contribution in [0.3, 0.4) is 0 Å². The molecule has 1 fully saturated rings. The highest BCUT2D eigenvalue weighted by Gasteiger charge is 2.16. The highest BCUT2D eigenvalue weighted by atomic mass is 79.9. The molecule has 4 nitrogen and oxygen atoms in total. The molecule has 1 aromatic heterocycles. The van der Waals surface area contributed by atoms with Crippen LogP contribution in [0.4, 0.5) is 5.82 Å². The molecule has 2 heterocycles. The molecule has 2 rings (SSSR count). The van der Waals surface area contributed by atoms with Crippen LogP contribution < -0.4 is 5.32 Å². The van der Waals surface area contributed by atoms with Gasteiger partial charge in [0.25, 0.3) is 0 Å². The molecule has 0 radical (unpaired) electrons. The Labute approximate surface area is 124 Å². The number of aromatic nitrogens is 2. The summed E-state index contributed by atoms with van der Waals surface area (Å²) in [6, 6.07) is 1.96. The van der Waals surface area contributed by atoms with Crippen molar-refractivity contribution < 1.29 is 0 Å². The zero-order valence-corrected chi connectivity index (χ0v) is 13.6. The minimum absolute atomic E-state index is 0.349. The molecule has 1 aromatic rings. The van der Waals surface area contributed by atoms with Crippen molar-refractivity contribution in [3.8, 4) is 0 Å². The number of anilines is 1. The maximum absolute atomic E-state index is 4.57. The van der Waals surface area contributed by atoms with E-state index in [0.29, 0.717) is 5.92 Å². The molecular formula is C14H23BrN4. The summed E-state index contributed by atoms with van der Waals surface area (Å²) in [5, 5.41) is 3.47. The minimum Gasteiger partial charge on any atom is -0.370 e. The van der Waals surface area contributed by atoms with Gasteiger partial charge in [0.15, 0.2) is 0 Å². The highest BCUT2D eigenvalue weighted by Crippen LogP contribution is 2.20. The third-order valence-electron chi connectivity index (χ3n) is 3.64. The zero-order valence-electron chi connectivity index (χ0n) is 12.0. The molecule has 0 atom stereocenters. The summed E-state index contributed by atoms with van der Waals surface area (Å²) >= 11 is 3.46. The van der Waals surface area contributed by atoms with E-state index in [9.17, 15) is 0 Å². The Kier molecular flexibility index (Phi) is 5.16. The van der Waals surface area contributed by atoms with Crippen LogP contribution in [0.25, 0.3) is 0 Å². The topological polar surface area (TPSA) is 41.1 Å². The Balaban J connectivity index is 1.92. The van der Waals surface area contributed by atoms with E-state index >= 15 is 0 Å². The van der Waals surface area contributed by atoms with Crippen LogP contribution in [0.15, 0.2) is 10.7 Å². The molecule has 0 aromatic carbocycles. The van der Waals surface area contributed by atoms with Crippen molar-refractivity contribution in [2.45, 2.75) is 32.6 Å². The van der Waals surface area contributed by atoms with Crippen molar-refractivity contribution in [3.63, 3.8) is 0 Å². The van der Waals surface area contributed by atoms with Gasteiger partial charge in [-0.15, -0.1) is 0 Å². The van der Waals surface area contributed by atoms with Gasteiger partial charge in [-0.1, -0.05) is 13.8 Å². The fourth-order valence-corrected chi connectivity index (χ4v) is 2.70. The van der Waals surface area contributed by atoms with Crippen molar-refractivity contribution in [3.05, 3.63) is 16.5 Å². The number of piperidine rings is 1. The average molecular weight is 327 g/mol. The van der Waals surface area contributed by atoms with Crippen LogP contribution in [0.5, 0.6) is 0 Å². The van der Waals surface area contributed by atoms with Gasteiger partial charge in [-0.25, -0.2) is 9.97 Å². The van der Waals surface area contributed by atoms with Gasteiger partial charge < -0.3 is 10.2 Å². The number of nitrogens with zero attached hydrogens (tertiary/aromatic N) is 3. The summed E-state index contributed by atoms with van der Waals surface area (Å²) < 4.78 is 0.858. The Bertz CT molecular complexity index is 414. The number of hydrogen-bond acceptors (Lipinski definition) is 4. The van der Waals surface area contributed by atoms with Gasteiger partial charge in [-0.05, 0) is 54.8 Å². The van der Waals surface area contributed by atoms with E-state index in [4.69, 9.17) is 0 Å².